The Kier molecular flexibility index (Phi) is 13.2. The number of para-hydroxylation sites is 1. The molecular weight excluding hydrogens is 634 g/mol. The van der Waals surface area contributed by atoms with E-state index in [1.54, 1.807) is 59.7 Å². The minimum atomic E-state index is -1.42. The van der Waals surface area contributed by atoms with E-state index in [4.69, 9.17) is 9.47 Å². The molecule has 10 heteroatoms. The summed E-state index contributed by atoms with van der Waals surface area (Å²) in [5.74, 6) is -2.14. The van der Waals surface area contributed by atoms with Crippen LogP contribution in [0.2, 0.25) is 0 Å². The monoisotopic (exact) mass is 687 g/mol. The van der Waals surface area contributed by atoms with Crippen LogP contribution in [0.25, 0.3) is 0 Å². The predicted molar refractivity (Wildman–Crippen MR) is 193 cm³/mol. The summed E-state index contributed by atoms with van der Waals surface area (Å²) < 4.78 is 11.3. The molecule has 0 heterocycles. The number of amides is 3. The molecule has 0 spiro atoms. The minimum Gasteiger partial charge on any atom is -0.508 e. The number of nitrogens with one attached hydrogen (secondary N) is 2. The Balaban J connectivity index is 2.17. The van der Waals surface area contributed by atoms with E-state index in [0.717, 1.165) is 11.1 Å². The van der Waals surface area contributed by atoms with Gasteiger partial charge in [0.1, 0.15) is 35.1 Å². The van der Waals surface area contributed by atoms with Crippen LogP contribution in [-0.4, -0.2) is 62.7 Å². The van der Waals surface area contributed by atoms with Crippen LogP contribution in [0.3, 0.4) is 0 Å². The van der Waals surface area contributed by atoms with Crippen molar-refractivity contribution in [2.75, 3.05) is 0 Å². The summed E-state index contributed by atoms with van der Waals surface area (Å²) in [6, 6.07) is 21.0. The molecule has 0 bridgehead atoms. The molecular formula is C40H53N3O7. The highest BCUT2D eigenvalue weighted by molar-refractivity contribution is 5.95. The molecule has 0 aliphatic heterocycles. The predicted octanol–water partition coefficient (Wildman–Crippen LogP) is 6.66. The highest BCUT2D eigenvalue weighted by Gasteiger charge is 2.45. The summed E-state index contributed by atoms with van der Waals surface area (Å²) in [6.45, 7) is 15.9. The average molecular weight is 688 g/mol. The fraction of sp³-hybridized carbons (Fsp3) is 0.450. The zero-order valence-electron chi connectivity index (χ0n) is 30.8. The van der Waals surface area contributed by atoms with Crippen molar-refractivity contribution in [1.29, 1.82) is 0 Å². The number of carbonyl (C=O) groups is 4. The molecule has 0 saturated carbocycles. The number of hydrogen-bond acceptors (Lipinski definition) is 7. The molecule has 10 nitrogen and oxygen atoms in total. The molecule has 0 aliphatic rings. The fourth-order valence-electron chi connectivity index (χ4n) is 5.40. The van der Waals surface area contributed by atoms with E-state index in [1.807, 2.05) is 81.4 Å². The van der Waals surface area contributed by atoms with E-state index in [9.17, 15) is 24.3 Å². The molecule has 270 valence electrons. The third-order valence-corrected chi connectivity index (χ3v) is 8.05. The van der Waals surface area contributed by atoms with Crippen molar-refractivity contribution in [2.24, 2.45) is 0 Å². The Morgan fingerprint density at radius 3 is 1.64 bits per heavy atom. The van der Waals surface area contributed by atoms with Gasteiger partial charge in [0.2, 0.25) is 11.8 Å². The number of hydrogen-bond donors (Lipinski definition) is 3. The molecule has 3 unspecified atom stereocenters. The van der Waals surface area contributed by atoms with Crippen molar-refractivity contribution in [3.63, 3.8) is 0 Å². The molecule has 3 amide bonds. The van der Waals surface area contributed by atoms with E-state index >= 15 is 0 Å². The number of aromatic hydroxyl groups is 1. The van der Waals surface area contributed by atoms with Crippen LogP contribution in [0.15, 0.2) is 84.9 Å². The highest BCUT2D eigenvalue weighted by atomic mass is 16.6. The quantitative estimate of drug-likeness (QED) is 0.171. The van der Waals surface area contributed by atoms with Gasteiger partial charge in [0.05, 0.1) is 0 Å². The second-order valence-electron chi connectivity index (χ2n) is 15.0. The maximum absolute atomic E-state index is 15.0. The van der Waals surface area contributed by atoms with Crippen LogP contribution in [-0.2, 0) is 36.7 Å². The highest BCUT2D eigenvalue weighted by Crippen LogP contribution is 2.36. The summed E-state index contributed by atoms with van der Waals surface area (Å²) in [4.78, 5) is 57.9. The lowest BCUT2D eigenvalue weighted by Crippen LogP contribution is -2.60. The second kappa shape index (κ2) is 16.7. The normalized spacial score (nSPS) is 13.7. The number of ether oxygens (including phenoxy) is 2. The van der Waals surface area contributed by atoms with Gasteiger partial charge in [-0.15, -0.1) is 0 Å². The van der Waals surface area contributed by atoms with Gasteiger partial charge in [0.25, 0.3) is 0 Å². The summed E-state index contributed by atoms with van der Waals surface area (Å²) in [5.41, 5.74) is -0.953. The molecule has 3 atom stereocenters. The molecule has 0 aromatic heterocycles. The maximum Gasteiger partial charge on any atom is 0.408 e. The van der Waals surface area contributed by atoms with Crippen LogP contribution in [0.4, 0.5) is 4.79 Å². The van der Waals surface area contributed by atoms with Gasteiger partial charge in [-0.25, -0.2) is 9.59 Å². The molecule has 0 saturated heterocycles. The van der Waals surface area contributed by atoms with E-state index in [1.165, 1.54) is 11.0 Å². The van der Waals surface area contributed by atoms with E-state index in [2.05, 4.69) is 10.6 Å². The smallest absolute Gasteiger partial charge is 0.408 e. The Morgan fingerprint density at radius 1 is 0.680 bits per heavy atom. The van der Waals surface area contributed by atoms with E-state index < -0.39 is 58.7 Å². The number of alkyl carbamates (subject to hydrolysis) is 1. The SMILES string of the molecule is CCC(C)(C)N(C(=O)C(Cc1ccccc1)NC(=O)OC(C)(C)C)C(C(=O)NC(Cc1ccccc1)C(=O)OC(C)(C)C)c1ccccc1O. The van der Waals surface area contributed by atoms with Crippen LogP contribution in [0.1, 0.15) is 91.5 Å². The van der Waals surface area contributed by atoms with Crippen molar-refractivity contribution in [3.05, 3.63) is 102 Å². The van der Waals surface area contributed by atoms with Gasteiger partial charge in [-0.1, -0.05) is 85.8 Å². The summed E-state index contributed by atoms with van der Waals surface area (Å²) in [6.07, 6.45) is -0.173. The zero-order chi connectivity index (χ0) is 37.3. The number of phenolic OH excluding ortho intramolecular Hbond substituents is 1. The van der Waals surface area contributed by atoms with E-state index in [0.29, 0.717) is 6.42 Å². The van der Waals surface area contributed by atoms with Crippen LogP contribution in [0, 0.1) is 0 Å². The number of phenols is 1. The van der Waals surface area contributed by atoms with Crippen LogP contribution >= 0.6 is 0 Å². The lowest BCUT2D eigenvalue weighted by atomic mass is 9.90. The second-order valence-corrected chi connectivity index (χ2v) is 15.0. The van der Waals surface area contributed by atoms with Gasteiger partial charge in [-0.05, 0) is 79.0 Å². The van der Waals surface area contributed by atoms with Crippen molar-refractivity contribution >= 4 is 23.9 Å². The Hall–Kier alpha value is -4.86. The minimum absolute atomic E-state index is 0.0961. The average Bonchev–Trinajstić information content (AvgIpc) is 3.02. The lowest BCUT2D eigenvalue weighted by molar-refractivity contribution is -0.159. The van der Waals surface area contributed by atoms with Gasteiger partial charge in [-0.3, -0.25) is 9.59 Å². The first kappa shape index (κ1) is 39.6. The zero-order valence-corrected chi connectivity index (χ0v) is 30.8. The molecule has 0 fully saturated rings. The van der Waals surface area contributed by atoms with Gasteiger partial charge in [0.15, 0.2) is 0 Å². The number of carbonyl (C=O) groups excluding carboxylic acids is 4. The van der Waals surface area contributed by atoms with Crippen molar-refractivity contribution in [2.45, 2.75) is 116 Å². The number of esters is 1. The van der Waals surface area contributed by atoms with Crippen LogP contribution < -0.4 is 10.6 Å². The largest absolute Gasteiger partial charge is 0.508 e. The first-order valence-corrected chi connectivity index (χ1v) is 17.0. The Labute approximate surface area is 296 Å². The number of nitrogens with zero attached hydrogens (tertiary/aromatic N) is 1. The summed E-state index contributed by atoms with van der Waals surface area (Å²) in [5, 5.41) is 16.8. The molecule has 0 radical (unpaired) electrons. The Bertz CT molecular complexity index is 1590. The van der Waals surface area contributed by atoms with Crippen molar-refractivity contribution in [3.8, 4) is 5.75 Å². The van der Waals surface area contributed by atoms with Crippen molar-refractivity contribution < 1.29 is 33.8 Å². The molecule has 3 aromatic rings. The maximum atomic E-state index is 15.0. The lowest BCUT2D eigenvalue weighted by Gasteiger charge is -2.45. The molecule has 3 aromatic carbocycles. The number of benzene rings is 3. The Morgan fingerprint density at radius 2 is 1.16 bits per heavy atom. The van der Waals surface area contributed by atoms with Gasteiger partial charge in [0, 0.05) is 23.9 Å². The molecule has 3 rings (SSSR count). The van der Waals surface area contributed by atoms with Gasteiger partial charge < -0.3 is 30.1 Å². The summed E-state index contributed by atoms with van der Waals surface area (Å²) in [7, 11) is 0. The van der Waals surface area contributed by atoms with Gasteiger partial charge in [-0.2, -0.15) is 0 Å². The molecule has 3 N–H and O–H groups in total. The van der Waals surface area contributed by atoms with Crippen LogP contribution in [0.5, 0.6) is 5.75 Å². The van der Waals surface area contributed by atoms with Gasteiger partial charge >= 0.3 is 12.1 Å². The van der Waals surface area contributed by atoms with Crippen molar-refractivity contribution in [1.82, 2.24) is 15.5 Å². The number of rotatable bonds is 13. The van der Waals surface area contributed by atoms with E-state index in [-0.39, 0.29) is 24.2 Å². The first-order chi connectivity index (χ1) is 23.3. The topological polar surface area (TPSA) is 134 Å². The summed E-state index contributed by atoms with van der Waals surface area (Å²) >= 11 is 0. The first-order valence-electron chi connectivity index (χ1n) is 17.0. The standard InChI is InChI=1S/C40H53N3O7/c1-10-40(8,9)43(35(46)30(25-27-19-13-11-14-20-27)42-37(48)50-39(5,6)7)33(29-23-17-18-24-32(29)44)34(45)41-31(36(47)49-38(2,3)4)26-28-21-15-12-16-22-28/h11-24,30-31,33,44H,10,25-26H2,1-9H3,(H,41,45)(H,42,48). The third kappa shape index (κ3) is 11.6. The molecule has 50 heavy (non-hydrogen) atoms. The molecule has 0 aliphatic carbocycles. The third-order valence-electron chi connectivity index (χ3n) is 8.05. The fourth-order valence-corrected chi connectivity index (χ4v) is 5.40.